The first-order chi connectivity index (χ1) is 11.8. The fourth-order valence-electron chi connectivity index (χ4n) is 2.40. The minimum atomic E-state index is -7.35. The topological polar surface area (TPSA) is 17.1 Å². The Kier molecular flexibility index (Phi) is 5.45. The van der Waals surface area contributed by atoms with E-state index in [-0.39, 0.29) is 10.0 Å². The van der Waals surface area contributed by atoms with Gasteiger partial charge in [0.15, 0.2) is 0 Å². The number of halogens is 8. The van der Waals surface area contributed by atoms with E-state index in [2.05, 4.69) is 0 Å². The smallest absolute Gasteiger partial charge is 0.265 e. The van der Waals surface area contributed by atoms with Crippen LogP contribution in [-0.4, -0.2) is 15.2 Å². The minimum Gasteiger partial charge on any atom is -0.265 e. The van der Waals surface area contributed by atoms with Crippen molar-refractivity contribution in [1.82, 2.24) is 0 Å². The lowest BCUT2D eigenvalue weighted by molar-refractivity contribution is -0.0932. The van der Waals surface area contributed by atoms with Crippen LogP contribution in [0.4, 0.5) is 26.3 Å². The van der Waals surface area contributed by atoms with Gasteiger partial charge in [-0.05, 0) is 23.3 Å². The quantitative estimate of drug-likeness (QED) is 0.496. The van der Waals surface area contributed by atoms with E-state index >= 15 is 0 Å². The molecular formula is C16H12Cl2F6OS. The van der Waals surface area contributed by atoms with Crippen molar-refractivity contribution in [3.63, 3.8) is 0 Å². The van der Waals surface area contributed by atoms with E-state index < -0.39 is 42.7 Å². The standard InChI is InChI=1S/C16H12Cl2F6OS/c17-13-7-3-1-5-11(13)9-26(25,15(19,20)21,16(22,23)24)10-12-6-2-4-8-14(12)18/h1-8H,9-10H2. The van der Waals surface area contributed by atoms with E-state index in [4.69, 9.17) is 23.2 Å². The van der Waals surface area contributed by atoms with Gasteiger partial charge in [-0.1, -0.05) is 59.6 Å². The Hall–Kier alpha value is -1.25. The lowest BCUT2D eigenvalue weighted by Crippen LogP contribution is -2.60. The summed E-state index contributed by atoms with van der Waals surface area (Å²) in [6.45, 7) is 0. The van der Waals surface area contributed by atoms with Crippen LogP contribution >= 0.6 is 23.2 Å². The van der Waals surface area contributed by atoms with Crippen LogP contribution in [0.5, 0.6) is 0 Å². The third-order valence-electron chi connectivity index (χ3n) is 3.91. The Morgan fingerprint density at radius 1 is 0.692 bits per heavy atom. The summed E-state index contributed by atoms with van der Waals surface area (Å²) in [7, 11) is -7.35. The van der Waals surface area contributed by atoms with Crippen molar-refractivity contribution < 1.29 is 30.6 Å². The van der Waals surface area contributed by atoms with Gasteiger partial charge in [-0.2, -0.15) is 26.3 Å². The molecule has 2 rings (SSSR count). The second-order valence-corrected chi connectivity index (χ2v) is 10.5. The van der Waals surface area contributed by atoms with Gasteiger partial charge in [0.2, 0.25) is 0 Å². The molecule has 0 fully saturated rings. The zero-order valence-corrected chi connectivity index (χ0v) is 15.2. The average molecular weight is 437 g/mol. The molecule has 0 amide bonds. The summed E-state index contributed by atoms with van der Waals surface area (Å²) in [5, 5.41) is -0.669. The van der Waals surface area contributed by atoms with E-state index in [1.165, 1.54) is 24.3 Å². The molecule has 0 aliphatic heterocycles. The zero-order chi connectivity index (χ0) is 19.8. The van der Waals surface area contributed by atoms with Crippen molar-refractivity contribution in [3.8, 4) is 0 Å². The first-order valence-electron chi connectivity index (χ1n) is 7.03. The van der Waals surface area contributed by atoms with Gasteiger partial charge < -0.3 is 0 Å². The summed E-state index contributed by atoms with van der Waals surface area (Å²) in [5.41, 5.74) is -13.1. The van der Waals surface area contributed by atoms with E-state index in [0.717, 1.165) is 24.3 Å². The van der Waals surface area contributed by atoms with Crippen molar-refractivity contribution >= 4 is 32.3 Å². The molecule has 0 aliphatic rings. The predicted molar refractivity (Wildman–Crippen MR) is 90.6 cm³/mol. The molecule has 2 aromatic rings. The molecule has 144 valence electrons. The van der Waals surface area contributed by atoms with Crippen LogP contribution in [0.3, 0.4) is 0 Å². The summed E-state index contributed by atoms with van der Waals surface area (Å²) in [6, 6.07) is 9.38. The molecule has 2 aromatic carbocycles. The van der Waals surface area contributed by atoms with Crippen LogP contribution in [0.2, 0.25) is 10.0 Å². The van der Waals surface area contributed by atoms with Crippen molar-refractivity contribution in [2.75, 3.05) is 0 Å². The normalized spacial score (nSPS) is 14.7. The van der Waals surface area contributed by atoms with Crippen LogP contribution < -0.4 is 0 Å². The van der Waals surface area contributed by atoms with Gasteiger partial charge >= 0.3 is 11.0 Å². The maximum atomic E-state index is 13.8. The molecule has 0 heterocycles. The fraction of sp³-hybridized carbons (Fsp3) is 0.250. The molecule has 0 unspecified atom stereocenters. The predicted octanol–water partition coefficient (Wildman–Crippen LogP) is 6.55. The Bertz CT molecular complexity index is 804. The Morgan fingerprint density at radius 2 is 1.00 bits per heavy atom. The molecule has 0 radical (unpaired) electrons. The second-order valence-electron chi connectivity index (χ2n) is 5.65. The van der Waals surface area contributed by atoms with Crippen molar-refractivity contribution in [2.45, 2.75) is 22.5 Å². The molecule has 0 saturated carbocycles. The van der Waals surface area contributed by atoms with Crippen molar-refractivity contribution in [3.05, 3.63) is 69.7 Å². The second kappa shape index (κ2) is 6.73. The fourth-order valence-corrected chi connectivity index (χ4v) is 5.80. The average Bonchev–Trinajstić information content (AvgIpc) is 2.50. The maximum absolute atomic E-state index is 13.8. The minimum absolute atomic E-state index is 0.334. The summed E-state index contributed by atoms with van der Waals surface area (Å²) in [5.74, 6) is -3.62. The highest BCUT2D eigenvalue weighted by Crippen LogP contribution is 2.59. The van der Waals surface area contributed by atoms with Crippen LogP contribution in [-0.2, 0) is 20.6 Å². The third-order valence-corrected chi connectivity index (χ3v) is 8.64. The number of alkyl halides is 6. The van der Waals surface area contributed by atoms with Crippen LogP contribution in [0.25, 0.3) is 0 Å². The summed E-state index contributed by atoms with van der Waals surface area (Å²) in [6.07, 6.45) is 0. The summed E-state index contributed by atoms with van der Waals surface area (Å²) < 4.78 is 96.0. The number of hydrogen-bond donors (Lipinski definition) is 0. The Labute approximate surface area is 155 Å². The molecular weight excluding hydrogens is 425 g/mol. The lowest BCUT2D eigenvalue weighted by atomic mass is 10.2. The van der Waals surface area contributed by atoms with E-state index in [1.807, 2.05) is 0 Å². The van der Waals surface area contributed by atoms with Gasteiger partial charge in [0, 0.05) is 21.6 Å². The molecule has 0 bridgehead atoms. The first-order valence-corrected chi connectivity index (χ1v) is 10.1. The van der Waals surface area contributed by atoms with Gasteiger partial charge in [0.25, 0.3) is 0 Å². The monoisotopic (exact) mass is 436 g/mol. The molecule has 0 spiro atoms. The van der Waals surface area contributed by atoms with E-state index in [0.29, 0.717) is 0 Å². The SMILES string of the molecule is O=S(Cc1ccccc1Cl)(Cc1ccccc1Cl)(C(F)(F)F)C(F)(F)F. The molecule has 0 saturated heterocycles. The van der Waals surface area contributed by atoms with E-state index in [9.17, 15) is 30.6 Å². The largest absolute Gasteiger partial charge is 0.459 e. The van der Waals surface area contributed by atoms with Crippen LogP contribution in [0, 0.1) is 0 Å². The van der Waals surface area contributed by atoms with Crippen molar-refractivity contribution in [2.24, 2.45) is 0 Å². The van der Waals surface area contributed by atoms with Crippen molar-refractivity contribution in [1.29, 1.82) is 0 Å². The summed E-state index contributed by atoms with van der Waals surface area (Å²) in [4.78, 5) is 0. The molecule has 0 aromatic heterocycles. The Balaban J connectivity index is 2.78. The van der Waals surface area contributed by atoms with Gasteiger partial charge in [0.1, 0.15) is 0 Å². The number of benzene rings is 2. The van der Waals surface area contributed by atoms with E-state index in [1.54, 1.807) is 0 Å². The highest BCUT2D eigenvalue weighted by Gasteiger charge is 2.75. The number of hydrogen-bond acceptors (Lipinski definition) is 1. The highest BCUT2D eigenvalue weighted by atomic mass is 35.5. The van der Waals surface area contributed by atoms with Crippen LogP contribution in [0.15, 0.2) is 48.5 Å². The van der Waals surface area contributed by atoms with Gasteiger partial charge in [-0.25, -0.2) is 0 Å². The highest BCUT2D eigenvalue weighted by molar-refractivity contribution is 8.20. The lowest BCUT2D eigenvalue weighted by Gasteiger charge is -2.44. The summed E-state index contributed by atoms with van der Waals surface area (Å²) >= 11 is 11.5. The first kappa shape index (κ1) is 21.1. The van der Waals surface area contributed by atoms with Crippen LogP contribution in [0.1, 0.15) is 11.1 Å². The molecule has 0 aliphatic carbocycles. The molecule has 26 heavy (non-hydrogen) atoms. The molecule has 0 atom stereocenters. The van der Waals surface area contributed by atoms with Gasteiger partial charge in [-0.15, -0.1) is 0 Å². The number of rotatable bonds is 4. The Morgan fingerprint density at radius 3 is 1.27 bits per heavy atom. The zero-order valence-electron chi connectivity index (χ0n) is 12.9. The molecule has 10 heteroatoms. The third kappa shape index (κ3) is 3.34. The molecule has 0 N–H and O–H groups in total. The molecule has 1 nitrogen and oxygen atoms in total. The maximum Gasteiger partial charge on any atom is 0.459 e. The van der Waals surface area contributed by atoms with Gasteiger partial charge in [-0.3, -0.25) is 4.21 Å². The van der Waals surface area contributed by atoms with Gasteiger partial charge in [0.05, 0.1) is 9.07 Å².